The number of nitrogens with one attached hydrogen (secondary N) is 1. The van der Waals surface area contributed by atoms with Crippen LogP contribution in [0.3, 0.4) is 0 Å². The van der Waals surface area contributed by atoms with E-state index in [2.05, 4.69) is 48.6 Å². The van der Waals surface area contributed by atoms with E-state index in [-0.39, 0.29) is 0 Å². The average molecular weight is 259 g/mol. The average Bonchev–Trinajstić information content (AvgIpc) is 2.98. The molecule has 0 aliphatic carbocycles. The second kappa shape index (κ2) is 8.00. The van der Waals surface area contributed by atoms with Crippen molar-refractivity contribution < 1.29 is 4.74 Å². The minimum atomic E-state index is 0.408. The smallest absolute Gasteiger partial charge is 0.109 e. The van der Waals surface area contributed by atoms with Crippen LogP contribution in [0.4, 0.5) is 0 Å². The van der Waals surface area contributed by atoms with Crippen LogP contribution in [0.2, 0.25) is 0 Å². The van der Waals surface area contributed by atoms with E-state index in [1.807, 2.05) is 0 Å². The van der Waals surface area contributed by atoms with Crippen molar-refractivity contribution in [2.75, 3.05) is 13.2 Å². The van der Waals surface area contributed by atoms with E-state index in [1.54, 1.807) is 0 Å². The van der Waals surface area contributed by atoms with Gasteiger partial charge >= 0.3 is 0 Å². The normalized spacial score (nSPS) is 15.9. The number of hydrogen-bond donors (Lipinski definition) is 1. The van der Waals surface area contributed by atoms with Crippen LogP contribution < -0.4 is 5.32 Å². The van der Waals surface area contributed by atoms with Crippen LogP contribution in [0.25, 0.3) is 0 Å². The van der Waals surface area contributed by atoms with Crippen molar-refractivity contribution in [3.05, 3.63) is 47.7 Å². The molecule has 2 rings (SSSR count). The Morgan fingerprint density at radius 2 is 2.11 bits per heavy atom. The SMILES string of the molecule is CCCNC(CCCc1ccccc1)C1=CCCO1. The first kappa shape index (κ1) is 14.1. The summed E-state index contributed by atoms with van der Waals surface area (Å²) >= 11 is 0. The summed E-state index contributed by atoms with van der Waals surface area (Å²) in [5, 5.41) is 3.60. The Hall–Kier alpha value is -1.28. The minimum Gasteiger partial charge on any atom is -0.496 e. The molecule has 0 spiro atoms. The van der Waals surface area contributed by atoms with E-state index in [9.17, 15) is 0 Å². The summed E-state index contributed by atoms with van der Waals surface area (Å²) in [7, 11) is 0. The van der Waals surface area contributed by atoms with Gasteiger partial charge in [-0.05, 0) is 43.9 Å². The lowest BCUT2D eigenvalue weighted by Gasteiger charge is -2.19. The molecule has 0 amide bonds. The predicted octanol–water partition coefficient (Wildman–Crippen LogP) is 3.68. The molecule has 2 heteroatoms. The summed E-state index contributed by atoms with van der Waals surface area (Å²) in [5.41, 5.74) is 1.43. The lowest BCUT2D eigenvalue weighted by molar-refractivity contribution is 0.210. The molecule has 1 aromatic carbocycles. The van der Waals surface area contributed by atoms with Crippen molar-refractivity contribution in [2.45, 2.75) is 45.1 Å². The lowest BCUT2D eigenvalue weighted by Crippen LogP contribution is -2.32. The first-order valence-electron chi connectivity index (χ1n) is 7.50. The van der Waals surface area contributed by atoms with Gasteiger partial charge in [-0.25, -0.2) is 0 Å². The Labute approximate surface area is 116 Å². The van der Waals surface area contributed by atoms with Gasteiger partial charge in [0.25, 0.3) is 0 Å². The maximum absolute atomic E-state index is 5.71. The monoisotopic (exact) mass is 259 g/mol. The summed E-state index contributed by atoms with van der Waals surface area (Å²) in [5.74, 6) is 1.17. The van der Waals surface area contributed by atoms with Gasteiger partial charge in [-0.3, -0.25) is 0 Å². The molecule has 0 saturated carbocycles. The second-order valence-corrected chi connectivity index (χ2v) is 5.13. The molecule has 2 nitrogen and oxygen atoms in total. The minimum absolute atomic E-state index is 0.408. The Balaban J connectivity index is 1.79. The standard InChI is InChI=1S/C17H25NO/c1-2-13-18-16(17-12-7-14-19-17)11-6-10-15-8-4-3-5-9-15/h3-5,8-9,12,16,18H,2,6-7,10-11,13-14H2,1H3. The molecule has 1 aliphatic heterocycles. The van der Waals surface area contributed by atoms with Crippen molar-refractivity contribution in [3.8, 4) is 0 Å². The quantitative estimate of drug-likeness (QED) is 0.769. The van der Waals surface area contributed by atoms with Crippen LogP contribution in [-0.4, -0.2) is 19.2 Å². The van der Waals surface area contributed by atoms with Crippen LogP contribution >= 0.6 is 0 Å². The van der Waals surface area contributed by atoms with Crippen LogP contribution in [0.1, 0.15) is 38.2 Å². The highest BCUT2D eigenvalue weighted by Gasteiger charge is 2.17. The molecule has 0 aromatic heterocycles. The van der Waals surface area contributed by atoms with Gasteiger partial charge in [-0.15, -0.1) is 0 Å². The zero-order chi connectivity index (χ0) is 13.3. The molecule has 19 heavy (non-hydrogen) atoms. The van der Waals surface area contributed by atoms with Gasteiger partial charge in [0.05, 0.1) is 12.6 Å². The highest BCUT2D eigenvalue weighted by atomic mass is 16.5. The highest BCUT2D eigenvalue weighted by molar-refractivity contribution is 5.15. The van der Waals surface area contributed by atoms with Crippen molar-refractivity contribution >= 4 is 0 Å². The molecule has 0 radical (unpaired) electrons. The Morgan fingerprint density at radius 3 is 2.79 bits per heavy atom. The first-order valence-corrected chi connectivity index (χ1v) is 7.50. The summed E-state index contributed by atoms with van der Waals surface area (Å²) < 4.78 is 5.71. The molecule has 0 saturated heterocycles. The number of benzene rings is 1. The molecule has 104 valence electrons. The van der Waals surface area contributed by atoms with E-state index >= 15 is 0 Å². The lowest BCUT2D eigenvalue weighted by atomic mass is 10.0. The molecule has 1 heterocycles. The molecule has 0 bridgehead atoms. The molecular formula is C17H25NO. The number of aryl methyl sites for hydroxylation is 1. The third-order valence-corrected chi connectivity index (χ3v) is 3.52. The number of rotatable bonds is 8. The fourth-order valence-corrected chi connectivity index (χ4v) is 2.50. The molecule has 1 N–H and O–H groups in total. The van der Waals surface area contributed by atoms with E-state index < -0.39 is 0 Å². The van der Waals surface area contributed by atoms with Gasteiger partial charge in [0.15, 0.2) is 0 Å². The van der Waals surface area contributed by atoms with Gasteiger partial charge < -0.3 is 10.1 Å². The van der Waals surface area contributed by atoms with E-state index in [4.69, 9.17) is 4.74 Å². The van der Waals surface area contributed by atoms with Crippen molar-refractivity contribution in [3.63, 3.8) is 0 Å². The van der Waals surface area contributed by atoms with Crippen molar-refractivity contribution in [2.24, 2.45) is 0 Å². The van der Waals surface area contributed by atoms with Crippen LogP contribution in [0.5, 0.6) is 0 Å². The fourth-order valence-electron chi connectivity index (χ4n) is 2.50. The largest absolute Gasteiger partial charge is 0.496 e. The Bertz CT molecular complexity index is 386. The van der Waals surface area contributed by atoms with E-state index in [1.165, 1.54) is 24.2 Å². The van der Waals surface area contributed by atoms with Gasteiger partial charge in [-0.2, -0.15) is 0 Å². The zero-order valence-corrected chi connectivity index (χ0v) is 11.9. The molecule has 1 atom stereocenters. The van der Waals surface area contributed by atoms with Crippen LogP contribution in [-0.2, 0) is 11.2 Å². The Kier molecular flexibility index (Phi) is 5.96. The molecule has 1 aliphatic rings. The van der Waals surface area contributed by atoms with E-state index in [0.29, 0.717) is 6.04 Å². The topological polar surface area (TPSA) is 21.3 Å². The predicted molar refractivity (Wildman–Crippen MR) is 80.1 cm³/mol. The van der Waals surface area contributed by atoms with Gasteiger partial charge in [0, 0.05) is 6.42 Å². The van der Waals surface area contributed by atoms with Crippen molar-refractivity contribution in [1.29, 1.82) is 0 Å². The second-order valence-electron chi connectivity index (χ2n) is 5.13. The molecule has 0 fully saturated rings. The summed E-state index contributed by atoms with van der Waals surface area (Å²) in [6.45, 7) is 4.13. The third kappa shape index (κ3) is 4.71. The van der Waals surface area contributed by atoms with Gasteiger partial charge in [-0.1, -0.05) is 37.3 Å². The van der Waals surface area contributed by atoms with Gasteiger partial charge in [0.2, 0.25) is 0 Å². The first-order chi connectivity index (χ1) is 9.40. The Morgan fingerprint density at radius 1 is 1.26 bits per heavy atom. The zero-order valence-electron chi connectivity index (χ0n) is 11.9. The summed E-state index contributed by atoms with van der Waals surface area (Å²) in [6, 6.07) is 11.1. The van der Waals surface area contributed by atoms with Gasteiger partial charge in [0.1, 0.15) is 5.76 Å². The summed E-state index contributed by atoms with van der Waals surface area (Å²) in [4.78, 5) is 0. The number of ether oxygens (including phenoxy) is 1. The third-order valence-electron chi connectivity index (χ3n) is 3.52. The molecular weight excluding hydrogens is 234 g/mol. The molecule has 1 unspecified atom stereocenters. The summed E-state index contributed by atoms with van der Waals surface area (Å²) in [6.07, 6.45) is 7.99. The van der Waals surface area contributed by atoms with Crippen LogP contribution in [0, 0.1) is 0 Å². The maximum Gasteiger partial charge on any atom is 0.109 e. The molecule has 1 aromatic rings. The maximum atomic E-state index is 5.71. The highest BCUT2D eigenvalue weighted by Crippen LogP contribution is 2.18. The van der Waals surface area contributed by atoms with E-state index in [0.717, 1.165) is 32.4 Å². The van der Waals surface area contributed by atoms with Crippen molar-refractivity contribution in [1.82, 2.24) is 5.32 Å². The fraction of sp³-hybridized carbons (Fsp3) is 0.529. The number of hydrogen-bond acceptors (Lipinski definition) is 2. The van der Waals surface area contributed by atoms with Crippen LogP contribution in [0.15, 0.2) is 42.2 Å².